The molecule has 0 atom stereocenters. The number of rotatable bonds is 6. The number of carbonyl (C=O) groups is 2. The Kier molecular flexibility index (Phi) is 5.73. The number of ketones is 1. The molecule has 5 nitrogen and oxygen atoms in total. The first-order valence-electron chi connectivity index (χ1n) is 7.36. The average molecular weight is 325 g/mol. The highest BCUT2D eigenvalue weighted by Gasteiger charge is 2.15. The Balaban J connectivity index is 2.20. The van der Waals surface area contributed by atoms with Crippen LogP contribution in [0.4, 0.5) is 5.69 Å². The normalized spacial score (nSPS) is 10.5. The number of nitrogens with one attached hydrogen (secondary N) is 1. The summed E-state index contributed by atoms with van der Waals surface area (Å²) in [5, 5.41) is 2.69. The molecule has 0 aliphatic rings. The maximum atomic E-state index is 12.5. The Morgan fingerprint density at radius 1 is 0.958 bits per heavy atom. The Morgan fingerprint density at radius 2 is 1.54 bits per heavy atom. The molecule has 1 amide bonds. The number of amides is 1. The van der Waals surface area contributed by atoms with Crippen LogP contribution in [0.15, 0.2) is 48.5 Å². The molecule has 24 heavy (non-hydrogen) atoms. The van der Waals surface area contributed by atoms with Gasteiger partial charge in [-0.25, -0.2) is 0 Å². The summed E-state index contributed by atoms with van der Waals surface area (Å²) in [6.07, 6.45) is 3.17. The van der Waals surface area contributed by atoms with Crippen molar-refractivity contribution in [2.24, 2.45) is 0 Å². The fourth-order valence-corrected chi connectivity index (χ4v) is 2.23. The number of methoxy groups -OCH3 is 2. The summed E-state index contributed by atoms with van der Waals surface area (Å²) < 4.78 is 10.5. The second-order valence-electron chi connectivity index (χ2n) is 5.04. The van der Waals surface area contributed by atoms with Gasteiger partial charge in [0.05, 0.1) is 14.2 Å². The molecule has 0 fully saturated rings. The van der Waals surface area contributed by atoms with Crippen LogP contribution in [-0.4, -0.2) is 25.9 Å². The smallest absolute Gasteiger partial charge is 0.221 e. The molecule has 2 aromatic carbocycles. The molecule has 0 radical (unpaired) electrons. The fourth-order valence-electron chi connectivity index (χ4n) is 2.23. The first-order chi connectivity index (χ1) is 11.5. The molecule has 2 aromatic rings. The van der Waals surface area contributed by atoms with Gasteiger partial charge in [-0.15, -0.1) is 0 Å². The van der Waals surface area contributed by atoms with Crippen LogP contribution in [0, 0.1) is 0 Å². The lowest BCUT2D eigenvalue weighted by Crippen LogP contribution is -2.05. The molecule has 0 aliphatic heterocycles. The maximum Gasteiger partial charge on any atom is 0.221 e. The van der Waals surface area contributed by atoms with E-state index < -0.39 is 0 Å². The molecule has 2 rings (SSSR count). The fraction of sp³-hybridized carbons (Fsp3) is 0.158. The molecule has 1 N–H and O–H groups in total. The SMILES string of the molecule is COc1cccc(OC)c1C(=O)/C=C/c1ccc(NC(C)=O)cc1. The quantitative estimate of drug-likeness (QED) is 0.651. The molecular formula is C19H19NO4. The molecule has 5 heteroatoms. The zero-order chi connectivity index (χ0) is 17.5. The standard InChI is InChI=1S/C19H19NO4/c1-13(21)20-15-10-7-14(8-11-15)9-12-16(22)19-17(23-2)5-4-6-18(19)24-3/h4-12H,1-3H3,(H,20,21)/b12-9+. The van der Waals surface area contributed by atoms with E-state index in [2.05, 4.69) is 5.32 Å². The van der Waals surface area contributed by atoms with E-state index in [-0.39, 0.29) is 11.7 Å². The van der Waals surface area contributed by atoms with E-state index in [0.29, 0.717) is 22.7 Å². The van der Waals surface area contributed by atoms with Crippen LogP contribution in [0.3, 0.4) is 0 Å². The minimum absolute atomic E-state index is 0.128. The third-order valence-electron chi connectivity index (χ3n) is 3.33. The molecule has 0 saturated heterocycles. The van der Waals surface area contributed by atoms with Crippen molar-refractivity contribution >= 4 is 23.5 Å². The molecule has 0 bridgehead atoms. The van der Waals surface area contributed by atoms with Gasteiger partial charge in [0.1, 0.15) is 17.1 Å². The van der Waals surface area contributed by atoms with Gasteiger partial charge < -0.3 is 14.8 Å². The summed E-state index contributed by atoms with van der Waals surface area (Å²) in [6, 6.07) is 12.4. The predicted octanol–water partition coefficient (Wildman–Crippen LogP) is 3.56. The van der Waals surface area contributed by atoms with E-state index in [9.17, 15) is 9.59 Å². The summed E-state index contributed by atoms with van der Waals surface area (Å²) in [4.78, 5) is 23.5. The average Bonchev–Trinajstić information content (AvgIpc) is 2.59. The lowest BCUT2D eigenvalue weighted by Gasteiger charge is -2.10. The van der Waals surface area contributed by atoms with Crippen molar-refractivity contribution in [1.82, 2.24) is 0 Å². The third-order valence-corrected chi connectivity index (χ3v) is 3.33. The lowest BCUT2D eigenvalue weighted by atomic mass is 10.1. The summed E-state index contributed by atoms with van der Waals surface area (Å²) in [5.41, 5.74) is 1.93. The van der Waals surface area contributed by atoms with Crippen LogP contribution >= 0.6 is 0 Å². The van der Waals surface area contributed by atoms with E-state index in [4.69, 9.17) is 9.47 Å². The number of hydrogen-bond donors (Lipinski definition) is 1. The highest BCUT2D eigenvalue weighted by atomic mass is 16.5. The molecule has 0 aliphatic carbocycles. The van der Waals surface area contributed by atoms with E-state index in [1.54, 1.807) is 36.4 Å². The summed E-state index contributed by atoms with van der Waals surface area (Å²) in [7, 11) is 3.02. The van der Waals surface area contributed by atoms with E-state index >= 15 is 0 Å². The van der Waals surface area contributed by atoms with Crippen LogP contribution in [0.5, 0.6) is 11.5 Å². The highest BCUT2D eigenvalue weighted by molar-refractivity contribution is 6.10. The summed E-state index contributed by atoms with van der Waals surface area (Å²) >= 11 is 0. The second-order valence-corrected chi connectivity index (χ2v) is 5.04. The number of ether oxygens (including phenoxy) is 2. The van der Waals surface area contributed by atoms with Gasteiger partial charge in [-0.05, 0) is 35.9 Å². The van der Waals surface area contributed by atoms with Gasteiger partial charge in [-0.2, -0.15) is 0 Å². The predicted molar refractivity (Wildman–Crippen MR) is 93.7 cm³/mol. The van der Waals surface area contributed by atoms with Crippen LogP contribution in [0.1, 0.15) is 22.8 Å². The van der Waals surface area contributed by atoms with Gasteiger partial charge in [0.15, 0.2) is 5.78 Å². The van der Waals surface area contributed by atoms with Crippen LogP contribution in [0.25, 0.3) is 6.08 Å². The molecule has 0 heterocycles. The van der Waals surface area contributed by atoms with Gasteiger partial charge in [0.25, 0.3) is 0 Å². The zero-order valence-corrected chi connectivity index (χ0v) is 13.8. The van der Waals surface area contributed by atoms with Crippen molar-refractivity contribution in [2.75, 3.05) is 19.5 Å². The Bertz CT molecular complexity index is 741. The second kappa shape index (κ2) is 7.97. The Labute approximate surface area is 140 Å². The molecule has 0 aromatic heterocycles. The molecule has 0 spiro atoms. The Morgan fingerprint density at radius 3 is 2.04 bits per heavy atom. The van der Waals surface area contributed by atoms with Gasteiger partial charge in [-0.3, -0.25) is 9.59 Å². The van der Waals surface area contributed by atoms with E-state index in [1.165, 1.54) is 27.2 Å². The summed E-state index contributed by atoms with van der Waals surface area (Å²) in [6.45, 7) is 1.45. The van der Waals surface area contributed by atoms with Gasteiger partial charge in [0.2, 0.25) is 5.91 Å². The van der Waals surface area contributed by atoms with Crippen molar-refractivity contribution in [1.29, 1.82) is 0 Å². The molecule has 0 unspecified atom stereocenters. The van der Waals surface area contributed by atoms with Crippen LogP contribution < -0.4 is 14.8 Å². The van der Waals surface area contributed by atoms with Crippen molar-refractivity contribution in [3.63, 3.8) is 0 Å². The van der Waals surface area contributed by atoms with Gasteiger partial charge in [0, 0.05) is 12.6 Å². The van der Waals surface area contributed by atoms with Crippen LogP contribution in [-0.2, 0) is 4.79 Å². The minimum atomic E-state index is -0.213. The monoisotopic (exact) mass is 325 g/mol. The number of hydrogen-bond acceptors (Lipinski definition) is 4. The van der Waals surface area contributed by atoms with Gasteiger partial charge >= 0.3 is 0 Å². The molecule has 0 saturated carbocycles. The van der Waals surface area contributed by atoms with Crippen LogP contribution in [0.2, 0.25) is 0 Å². The maximum absolute atomic E-state index is 12.5. The highest BCUT2D eigenvalue weighted by Crippen LogP contribution is 2.29. The first kappa shape index (κ1) is 17.3. The topological polar surface area (TPSA) is 64.6 Å². The number of carbonyl (C=O) groups excluding carboxylic acids is 2. The third kappa shape index (κ3) is 4.23. The number of benzene rings is 2. The van der Waals surface area contributed by atoms with Crippen molar-refractivity contribution < 1.29 is 19.1 Å². The first-order valence-corrected chi connectivity index (χ1v) is 7.36. The van der Waals surface area contributed by atoms with Crippen molar-refractivity contribution in [3.8, 4) is 11.5 Å². The minimum Gasteiger partial charge on any atom is -0.496 e. The van der Waals surface area contributed by atoms with E-state index in [0.717, 1.165) is 5.56 Å². The molecular weight excluding hydrogens is 306 g/mol. The molecule has 124 valence electrons. The van der Waals surface area contributed by atoms with E-state index in [1.807, 2.05) is 12.1 Å². The Hall–Kier alpha value is -3.08. The lowest BCUT2D eigenvalue weighted by molar-refractivity contribution is -0.114. The van der Waals surface area contributed by atoms with Crippen molar-refractivity contribution in [3.05, 3.63) is 59.7 Å². The van der Waals surface area contributed by atoms with Crippen molar-refractivity contribution in [2.45, 2.75) is 6.92 Å². The summed E-state index contributed by atoms with van der Waals surface area (Å²) in [5.74, 6) is 0.585. The largest absolute Gasteiger partial charge is 0.496 e. The van der Waals surface area contributed by atoms with Gasteiger partial charge in [-0.1, -0.05) is 24.3 Å². The number of anilines is 1. The zero-order valence-electron chi connectivity index (χ0n) is 13.8. The number of allylic oxidation sites excluding steroid dienone is 1.